The van der Waals surface area contributed by atoms with Gasteiger partial charge in [0.15, 0.2) is 11.5 Å². The maximum absolute atomic E-state index is 12.7. The molecule has 5 nitrogen and oxygen atoms in total. The normalized spacial score (nSPS) is 11.0. The van der Waals surface area contributed by atoms with Crippen molar-refractivity contribution in [3.8, 4) is 17.6 Å². The van der Waals surface area contributed by atoms with E-state index in [0.717, 1.165) is 11.1 Å². The van der Waals surface area contributed by atoms with Crippen LogP contribution in [0.5, 0.6) is 11.5 Å². The maximum Gasteiger partial charge on any atom is 0.266 e. The summed E-state index contributed by atoms with van der Waals surface area (Å²) in [5.41, 5.74) is 4.18. The van der Waals surface area contributed by atoms with Crippen molar-refractivity contribution in [1.29, 1.82) is 5.26 Å². The number of anilines is 1. The Hall–Kier alpha value is -3.27. The minimum absolute atomic E-state index is 0.0561. The largest absolute Gasteiger partial charge is 0.490 e. The number of carbonyl (C=O) groups excluding carboxylic acids is 1. The molecule has 0 spiro atoms. The minimum atomic E-state index is -0.531. The lowest BCUT2D eigenvalue weighted by atomic mass is 10.1. The summed E-state index contributed by atoms with van der Waals surface area (Å²) in [6.07, 6.45) is 1.50. The SMILES string of the molecule is CCOc1cc(/C=C(/C#N)C(=O)Nc2ccc(C)c(Cl)c2)cc(Br)c1OCc1ccc(C)cc1. The van der Waals surface area contributed by atoms with Gasteiger partial charge in [-0.3, -0.25) is 4.79 Å². The molecule has 174 valence electrons. The van der Waals surface area contributed by atoms with E-state index in [2.05, 4.69) is 21.2 Å². The zero-order chi connectivity index (χ0) is 24.7. The zero-order valence-electron chi connectivity index (χ0n) is 19.1. The van der Waals surface area contributed by atoms with Crippen LogP contribution in [0.15, 0.2) is 64.6 Å². The van der Waals surface area contributed by atoms with Crippen molar-refractivity contribution in [1.82, 2.24) is 0 Å². The topological polar surface area (TPSA) is 71.3 Å². The number of halogens is 2. The Morgan fingerprint density at radius 2 is 1.85 bits per heavy atom. The van der Waals surface area contributed by atoms with E-state index in [0.29, 0.717) is 45.5 Å². The van der Waals surface area contributed by atoms with Crippen molar-refractivity contribution < 1.29 is 14.3 Å². The van der Waals surface area contributed by atoms with Gasteiger partial charge in [0.25, 0.3) is 5.91 Å². The molecule has 0 saturated heterocycles. The number of hydrogen-bond acceptors (Lipinski definition) is 4. The van der Waals surface area contributed by atoms with Crippen molar-refractivity contribution in [3.05, 3.63) is 91.9 Å². The van der Waals surface area contributed by atoms with Gasteiger partial charge in [-0.05, 0) is 83.7 Å². The lowest BCUT2D eigenvalue weighted by molar-refractivity contribution is -0.112. The monoisotopic (exact) mass is 538 g/mol. The highest BCUT2D eigenvalue weighted by atomic mass is 79.9. The van der Waals surface area contributed by atoms with E-state index in [-0.39, 0.29) is 5.57 Å². The summed E-state index contributed by atoms with van der Waals surface area (Å²) in [5, 5.41) is 12.8. The van der Waals surface area contributed by atoms with E-state index in [1.165, 1.54) is 11.6 Å². The first-order valence-corrected chi connectivity index (χ1v) is 11.8. The van der Waals surface area contributed by atoms with Crippen LogP contribution in [0.4, 0.5) is 5.69 Å². The highest BCUT2D eigenvalue weighted by Crippen LogP contribution is 2.38. The standard InChI is InChI=1S/C27H24BrClN2O3/c1-4-33-25-13-20(12-23(28)26(25)34-16-19-8-5-17(2)6-9-19)11-21(15-30)27(32)31-22-10-7-18(3)24(29)14-22/h5-14H,4,16H2,1-3H3,(H,31,32)/b21-11-. The molecule has 0 unspecified atom stereocenters. The number of ether oxygens (including phenoxy) is 2. The van der Waals surface area contributed by atoms with E-state index in [9.17, 15) is 10.1 Å². The zero-order valence-corrected chi connectivity index (χ0v) is 21.5. The van der Waals surface area contributed by atoms with E-state index in [4.69, 9.17) is 21.1 Å². The molecule has 3 aromatic carbocycles. The van der Waals surface area contributed by atoms with Crippen LogP contribution in [0.2, 0.25) is 5.02 Å². The van der Waals surface area contributed by atoms with Gasteiger partial charge in [-0.1, -0.05) is 47.5 Å². The second kappa shape index (κ2) is 11.7. The molecule has 0 aliphatic rings. The number of rotatable bonds is 8. The van der Waals surface area contributed by atoms with Crippen molar-refractivity contribution in [3.63, 3.8) is 0 Å². The summed E-state index contributed by atoms with van der Waals surface area (Å²) in [7, 11) is 0. The number of aryl methyl sites for hydroxylation is 2. The molecule has 3 aromatic rings. The number of nitriles is 1. The molecule has 0 bridgehead atoms. The van der Waals surface area contributed by atoms with Gasteiger partial charge >= 0.3 is 0 Å². The fourth-order valence-corrected chi connectivity index (χ4v) is 3.85. The fourth-order valence-electron chi connectivity index (χ4n) is 3.10. The van der Waals surface area contributed by atoms with Crippen LogP contribution in [-0.2, 0) is 11.4 Å². The Kier molecular flexibility index (Phi) is 8.75. The Balaban J connectivity index is 1.84. The van der Waals surface area contributed by atoms with Crippen molar-refractivity contribution in [2.24, 2.45) is 0 Å². The number of nitrogens with zero attached hydrogens (tertiary/aromatic N) is 1. The van der Waals surface area contributed by atoms with E-state index >= 15 is 0 Å². The Bertz CT molecular complexity index is 1260. The van der Waals surface area contributed by atoms with Crippen molar-refractivity contribution in [2.75, 3.05) is 11.9 Å². The first-order valence-electron chi connectivity index (χ1n) is 10.6. The molecule has 0 aliphatic carbocycles. The fraction of sp³-hybridized carbons (Fsp3) is 0.185. The first kappa shape index (κ1) is 25.4. The summed E-state index contributed by atoms with van der Waals surface area (Å²) in [6.45, 7) is 6.59. The van der Waals surface area contributed by atoms with Crippen LogP contribution in [0.1, 0.15) is 29.2 Å². The van der Waals surface area contributed by atoms with Crippen LogP contribution >= 0.6 is 27.5 Å². The Morgan fingerprint density at radius 3 is 2.50 bits per heavy atom. The van der Waals surface area contributed by atoms with Gasteiger partial charge in [0.2, 0.25) is 0 Å². The molecule has 7 heteroatoms. The predicted octanol–water partition coefficient (Wildman–Crippen LogP) is 7.24. The van der Waals surface area contributed by atoms with E-state index in [1.807, 2.05) is 51.1 Å². The molecule has 3 rings (SSSR count). The molecule has 0 fully saturated rings. The molecule has 34 heavy (non-hydrogen) atoms. The molecule has 0 radical (unpaired) electrons. The second-order valence-corrected chi connectivity index (χ2v) is 8.89. The van der Waals surface area contributed by atoms with E-state index < -0.39 is 5.91 Å². The van der Waals surface area contributed by atoms with Crippen molar-refractivity contribution >= 4 is 45.2 Å². The number of carbonyl (C=O) groups is 1. The van der Waals surface area contributed by atoms with Crippen LogP contribution in [0, 0.1) is 25.2 Å². The predicted molar refractivity (Wildman–Crippen MR) is 139 cm³/mol. The molecule has 0 saturated carbocycles. The third-order valence-corrected chi connectivity index (χ3v) is 5.94. The third kappa shape index (κ3) is 6.63. The summed E-state index contributed by atoms with van der Waals surface area (Å²) in [4.78, 5) is 12.7. The second-order valence-electron chi connectivity index (χ2n) is 7.63. The lowest BCUT2D eigenvalue weighted by Gasteiger charge is -2.15. The van der Waals surface area contributed by atoms with Crippen LogP contribution in [-0.4, -0.2) is 12.5 Å². The minimum Gasteiger partial charge on any atom is -0.490 e. The van der Waals surface area contributed by atoms with Crippen LogP contribution in [0.3, 0.4) is 0 Å². The number of benzene rings is 3. The number of nitrogens with one attached hydrogen (secondary N) is 1. The highest BCUT2D eigenvalue weighted by molar-refractivity contribution is 9.10. The van der Waals surface area contributed by atoms with Gasteiger partial charge in [0, 0.05) is 10.7 Å². The number of amides is 1. The Morgan fingerprint density at radius 1 is 1.12 bits per heavy atom. The molecule has 0 atom stereocenters. The summed E-state index contributed by atoms with van der Waals surface area (Å²) in [6, 6.07) is 18.8. The molecule has 1 amide bonds. The average Bonchev–Trinajstić information content (AvgIpc) is 2.80. The molecule has 0 aliphatic heterocycles. The van der Waals surface area contributed by atoms with Gasteiger partial charge in [-0.15, -0.1) is 0 Å². The lowest BCUT2D eigenvalue weighted by Crippen LogP contribution is -2.13. The van der Waals surface area contributed by atoms with Gasteiger partial charge in [-0.2, -0.15) is 5.26 Å². The number of hydrogen-bond donors (Lipinski definition) is 1. The summed E-state index contributed by atoms with van der Waals surface area (Å²) >= 11 is 9.67. The third-order valence-electron chi connectivity index (χ3n) is 4.94. The Labute approximate surface area is 213 Å². The van der Waals surface area contributed by atoms with Crippen molar-refractivity contribution in [2.45, 2.75) is 27.4 Å². The highest BCUT2D eigenvalue weighted by Gasteiger charge is 2.15. The van der Waals surface area contributed by atoms with Crippen LogP contribution in [0.25, 0.3) is 6.08 Å². The summed E-state index contributed by atoms with van der Waals surface area (Å²) < 4.78 is 12.5. The molecule has 1 N–H and O–H groups in total. The molecular formula is C27H24BrClN2O3. The molecular weight excluding hydrogens is 516 g/mol. The molecule has 0 aromatic heterocycles. The van der Waals surface area contributed by atoms with E-state index in [1.54, 1.807) is 30.3 Å². The van der Waals surface area contributed by atoms with Gasteiger partial charge in [0.1, 0.15) is 18.2 Å². The first-order chi connectivity index (χ1) is 16.3. The van der Waals surface area contributed by atoms with Gasteiger partial charge in [-0.25, -0.2) is 0 Å². The van der Waals surface area contributed by atoms with Gasteiger partial charge in [0.05, 0.1) is 11.1 Å². The quantitative estimate of drug-likeness (QED) is 0.242. The summed E-state index contributed by atoms with van der Waals surface area (Å²) in [5.74, 6) is 0.534. The maximum atomic E-state index is 12.7. The van der Waals surface area contributed by atoms with Gasteiger partial charge < -0.3 is 14.8 Å². The molecule has 0 heterocycles. The smallest absolute Gasteiger partial charge is 0.266 e. The van der Waals surface area contributed by atoms with Crippen LogP contribution < -0.4 is 14.8 Å². The average molecular weight is 540 g/mol.